The second kappa shape index (κ2) is 10.7. The largest absolute Gasteiger partial charge is 0.378 e. The highest BCUT2D eigenvalue weighted by Crippen LogP contribution is 2.33. The maximum absolute atomic E-state index is 14.1. The molecule has 0 fully saturated rings. The van der Waals surface area contributed by atoms with Gasteiger partial charge >= 0.3 is 0 Å². The number of carbonyl (C=O) groups excluding carboxylic acids is 1. The number of nitrogens with zero attached hydrogens (tertiary/aromatic N) is 2. The third-order valence-corrected chi connectivity index (χ3v) is 7.31. The molecule has 0 saturated carbocycles. The van der Waals surface area contributed by atoms with E-state index in [0.29, 0.717) is 11.1 Å². The Morgan fingerprint density at radius 2 is 1.00 bits per heavy atom. The van der Waals surface area contributed by atoms with Crippen molar-refractivity contribution in [2.45, 2.75) is 0 Å². The van der Waals surface area contributed by atoms with E-state index in [-0.39, 0.29) is 5.78 Å². The van der Waals surface area contributed by atoms with Crippen molar-refractivity contribution in [2.75, 3.05) is 38.0 Å². The second-order valence-electron chi connectivity index (χ2n) is 8.37. The first kappa shape index (κ1) is 23.7. The molecule has 0 aliphatic heterocycles. The molecular formula is C29H28N2OS2. The lowest BCUT2D eigenvalue weighted by molar-refractivity contribution is -0.108. The van der Waals surface area contributed by atoms with E-state index in [1.165, 1.54) is 0 Å². The Kier molecular flexibility index (Phi) is 7.46. The minimum absolute atomic E-state index is 0.0262. The van der Waals surface area contributed by atoms with Crippen molar-refractivity contribution in [3.8, 4) is 0 Å². The molecule has 0 N–H and O–H groups in total. The first-order valence-corrected chi connectivity index (χ1v) is 12.8. The van der Waals surface area contributed by atoms with Crippen LogP contribution in [0.1, 0.15) is 20.9 Å². The normalized spacial score (nSPS) is 12.0. The summed E-state index contributed by atoms with van der Waals surface area (Å²) in [4.78, 5) is 20.1. The maximum Gasteiger partial charge on any atom is 0.195 e. The number of hydrogen-bond donors (Lipinski definition) is 0. The molecule has 4 aromatic rings. The number of hydrogen-bond acceptors (Lipinski definition) is 5. The molecule has 2 heterocycles. The number of Topliss-reactive ketones (excluding diaryl/α,β-unsaturated/α-hetero) is 1. The molecule has 2 aromatic carbocycles. The van der Waals surface area contributed by atoms with Gasteiger partial charge in [0.15, 0.2) is 5.78 Å². The molecule has 0 saturated heterocycles. The Morgan fingerprint density at radius 3 is 1.29 bits per heavy atom. The second-order valence-corrected chi connectivity index (χ2v) is 10.3. The van der Waals surface area contributed by atoms with Crippen LogP contribution in [0.4, 0.5) is 11.4 Å². The smallest absolute Gasteiger partial charge is 0.195 e. The minimum atomic E-state index is 0.0262. The van der Waals surface area contributed by atoms with Crippen LogP contribution in [-0.2, 0) is 4.79 Å². The van der Waals surface area contributed by atoms with Crippen molar-refractivity contribution < 1.29 is 4.79 Å². The van der Waals surface area contributed by atoms with Gasteiger partial charge in [-0.3, -0.25) is 4.79 Å². The summed E-state index contributed by atoms with van der Waals surface area (Å²) in [6.45, 7) is 0. The number of rotatable bonds is 8. The van der Waals surface area contributed by atoms with Crippen LogP contribution >= 0.6 is 22.7 Å². The SMILES string of the molecule is CN(C)c1ccc(C=C(C(=O)C(=Cc2ccc(N(C)C)cc2)c2cccs2)c2cccs2)cc1. The highest BCUT2D eigenvalue weighted by Gasteiger charge is 2.20. The summed E-state index contributed by atoms with van der Waals surface area (Å²) in [6, 6.07) is 24.5. The van der Waals surface area contributed by atoms with Gasteiger partial charge in [0.25, 0.3) is 0 Å². The lowest BCUT2D eigenvalue weighted by atomic mass is 9.96. The van der Waals surface area contributed by atoms with Crippen LogP contribution in [0.5, 0.6) is 0 Å². The van der Waals surface area contributed by atoms with Crippen LogP contribution in [-0.4, -0.2) is 34.0 Å². The fourth-order valence-electron chi connectivity index (χ4n) is 3.58. The molecule has 0 amide bonds. The maximum atomic E-state index is 14.1. The zero-order valence-corrected chi connectivity index (χ0v) is 21.5. The molecule has 5 heteroatoms. The van der Waals surface area contributed by atoms with Crippen molar-refractivity contribution in [1.29, 1.82) is 0 Å². The zero-order chi connectivity index (χ0) is 24.1. The Hall–Kier alpha value is -3.41. The van der Waals surface area contributed by atoms with Crippen LogP contribution in [0.15, 0.2) is 83.6 Å². The fraction of sp³-hybridized carbons (Fsp3) is 0.138. The molecule has 34 heavy (non-hydrogen) atoms. The van der Waals surface area contributed by atoms with Crippen LogP contribution in [0, 0.1) is 0 Å². The monoisotopic (exact) mass is 484 g/mol. The molecule has 0 atom stereocenters. The summed E-state index contributed by atoms with van der Waals surface area (Å²) in [6.07, 6.45) is 4.01. The average Bonchev–Trinajstić information content (AvgIpc) is 3.56. The molecule has 0 aliphatic rings. The average molecular weight is 485 g/mol. The van der Waals surface area contributed by atoms with Gasteiger partial charge in [0.05, 0.1) is 0 Å². The number of ketones is 1. The van der Waals surface area contributed by atoms with E-state index >= 15 is 0 Å². The zero-order valence-electron chi connectivity index (χ0n) is 19.9. The van der Waals surface area contributed by atoms with Gasteiger partial charge in [-0.2, -0.15) is 0 Å². The standard InChI is InChI=1S/C29H28N2OS2/c1-30(2)23-13-9-21(10-14-23)19-25(27-7-5-17-33-27)29(32)26(28-8-6-18-34-28)20-22-11-15-24(16-12-22)31(3)4/h5-20H,1-4H3. The molecule has 0 bridgehead atoms. The molecule has 172 valence electrons. The lowest BCUT2D eigenvalue weighted by Crippen LogP contribution is -2.08. The van der Waals surface area contributed by atoms with E-state index in [1.807, 2.05) is 75.4 Å². The van der Waals surface area contributed by atoms with E-state index in [1.54, 1.807) is 22.7 Å². The fourth-order valence-corrected chi connectivity index (χ4v) is 5.06. The Morgan fingerprint density at radius 1 is 0.618 bits per heavy atom. The Bertz CT molecular complexity index is 1180. The predicted molar refractivity (Wildman–Crippen MR) is 151 cm³/mol. The minimum Gasteiger partial charge on any atom is -0.378 e. The number of thiophene rings is 2. The van der Waals surface area contributed by atoms with Gasteiger partial charge in [0, 0.05) is 60.5 Å². The van der Waals surface area contributed by atoms with Crippen LogP contribution < -0.4 is 9.80 Å². The van der Waals surface area contributed by atoms with Crippen LogP contribution in [0.2, 0.25) is 0 Å². The number of anilines is 2. The molecule has 3 nitrogen and oxygen atoms in total. The van der Waals surface area contributed by atoms with E-state index in [0.717, 1.165) is 32.3 Å². The van der Waals surface area contributed by atoms with Crippen molar-refractivity contribution in [3.05, 3.63) is 104 Å². The van der Waals surface area contributed by atoms with E-state index in [2.05, 4.69) is 58.3 Å². The van der Waals surface area contributed by atoms with Crippen molar-refractivity contribution >= 4 is 63.1 Å². The van der Waals surface area contributed by atoms with E-state index in [4.69, 9.17) is 0 Å². The van der Waals surface area contributed by atoms with Gasteiger partial charge in [-0.15, -0.1) is 22.7 Å². The summed E-state index contributed by atoms with van der Waals surface area (Å²) < 4.78 is 0. The highest BCUT2D eigenvalue weighted by atomic mass is 32.1. The molecule has 4 rings (SSSR count). The number of carbonyl (C=O) groups is 1. The summed E-state index contributed by atoms with van der Waals surface area (Å²) in [5.41, 5.74) is 5.67. The van der Waals surface area contributed by atoms with Gasteiger partial charge in [-0.05, 0) is 70.4 Å². The lowest BCUT2D eigenvalue weighted by Gasteiger charge is -2.13. The summed E-state index contributed by atoms with van der Waals surface area (Å²) in [5.74, 6) is 0.0262. The number of allylic oxidation sites excluding steroid dienone is 2. The summed E-state index contributed by atoms with van der Waals surface area (Å²) >= 11 is 3.17. The highest BCUT2D eigenvalue weighted by molar-refractivity contribution is 7.12. The van der Waals surface area contributed by atoms with Crippen LogP contribution in [0.25, 0.3) is 23.3 Å². The topological polar surface area (TPSA) is 23.6 Å². The van der Waals surface area contributed by atoms with Crippen molar-refractivity contribution in [2.24, 2.45) is 0 Å². The molecule has 0 spiro atoms. The number of benzene rings is 2. The molecule has 0 unspecified atom stereocenters. The van der Waals surface area contributed by atoms with Gasteiger partial charge in [-0.1, -0.05) is 36.4 Å². The third kappa shape index (κ3) is 5.56. The van der Waals surface area contributed by atoms with Gasteiger partial charge in [0.1, 0.15) is 0 Å². The van der Waals surface area contributed by atoms with Gasteiger partial charge in [-0.25, -0.2) is 0 Å². The van der Waals surface area contributed by atoms with Gasteiger partial charge in [0.2, 0.25) is 0 Å². The quantitative estimate of drug-likeness (QED) is 0.245. The Balaban J connectivity index is 1.78. The van der Waals surface area contributed by atoms with Crippen molar-refractivity contribution in [1.82, 2.24) is 0 Å². The molecular weight excluding hydrogens is 456 g/mol. The van der Waals surface area contributed by atoms with Gasteiger partial charge < -0.3 is 9.80 Å². The first-order chi connectivity index (χ1) is 16.4. The summed E-state index contributed by atoms with van der Waals surface area (Å²) in [7, 11) is 8.09. The molecule has 2 aromatic heterocycles. The predicted octanol–water partition coefficient (Wildman–Crippen LogP) is 7.29. The molecule has 0 radical (unpaired) electrons. The van der Waals surface area contributed by atoms with Crippen LogP contribution in [0.3, 0.4) is 0 Å². The van der Waals surface area contributed by atoms with E-state index < -0.39 is 0 Å². The third-order valence-electron chi connectivity index (χ3n) is 5.50. The Labute approximate surface area is 209 Å². The summed E-state index contributed by atoms with van der Waals surface area (Å²) in [5, 5.41) is 4.03. The first-order valence-electron chi connectivity index (χ1n) is 11.0. The molecule has 0 aliphatic carbocycles. The van der Waals surface area contributed by atoms with Crippen molar-refractivity contribution in [3.63, 3.8) is 0 Å². The van der Waals surface area contributed by atoms with E-state index in [9.17, 15) is 4.79 Å².